The Morgan fingerprint density at radius 2 is 1.62 bits per heavy atom. The highest BCUT2D eigenvalue weighted by Crippen LogP contribution is 2.30. The van der Waals surface area contributed by atoms with E-state index in [0.717, 1.165) is 85.7 Å². The number of aromatic nitrogens is 2. The molecule has 0 unspecified atom stereocenters. The number of benzene rings is 3. The number of rotatable bonds is 6. The lowest BCUT2D eigenvalue weighted by molar-refractivity contribution is -0.137. The Bertz CT molecular complexity index is 1480. The molecule has 2 fully saturated rings. The van der Waals surface area contributed by atoms with E-state index in [-0.39, 0.29) is 5.92 Å². The molecule has 1 amide bonds. The van der Waals surface area contributed by atoms with Crippen LogP contribution in [0.25, 0.3) is 16.7 Å². The zero-order valence-corrected chi connectivity index (χ0v) is 25.1. The van der Waals surface area contributed by atoms with Crippen molar-refractivity contribution in [2.75, 3.05) is 44.2 Å². The molecule has 0 N–H and O–H groups in total. The largest absolute Gasteiger partial charge is 0.368 e. The van der Waals surface area contributed by atoms with Gasteiger partial charge in [-0.2, -0.15) is 0 Å². The predicted octanol–water partition coefficient (Wildman–Crippen LogP) is 6.47. The predicted molar refractivity (Wildman–Crippen MR) is 166 cm³/mol. The van der Waals surface area contributed by atoms with Crippen LogP contribution >= 0.6 is 15.9 Å². The van der Waals surface area contributed by atoms with E-state index in [9.17, 15) is 4.79 Å². The number of hydrogen-bond donors (Lipinski definition) is 0. The van der Waals surface area contributed by atoms with E-state index in [1.54, 1.807) is 0 Å². The molecule has 3 heterocycles. The van der Waals surface area contributed by atoms with E-state index in [1.807, 2.05) is 6.07 Å². The van der Waals surface area contributed by atoms with Gasteiger partial charge in [0.05, 0.1) is 17.6 Å². The summed E-state index contributed by atoms with van der Waals surface area (Å²) in [5.41, 5.74) is 5.96. The Labute approximate surface area is 245 Å². The molecule has 0 saturated carbocycles. The SMILES string of the molecule is CC(C)c1ccccc1N1CCN(C(=O)C2CCN(Cc3nc4ccccc4n3-c3cccc(Br)c3)CC2)CC1. The maximum Gasteiger partial charge on any atom is 0.225 e. The molecule has 2 aliphatic rings. The monoisotopic (exact) mass is 599 g/mol. The average molecular weight is 601 g/mol. The van der Waals surface area contributed by atoms with Crippen molar-refractivity contribution in [3.8, 4) is 5.69 Å². The molecule has 0 radical (unpaired) electrons. The molecule has 2 aliphatic heterocycles. The van der Waals surface area contributed by atoms with Gasteiger partial charge in [0.25, 0.3) is 0 Å². The molecule has 0 spiro atoms. The maximum atomic E-state index is 13.5. The first-order valence-corrected chi connectivity index (χ1v) is 15.3. The normalized spacial score (nSPS) is 17.2. The molecule has 1 aromatic heterocycles. The summed E-state index contributed by atoms with van der Waals surface area (Å²) in [6.45, 7) is 10.5. The van der Waals surface area contributed by atoms with Gasteiger partial charge >= 0.3 is 0 Å². The second-order valence-electron chi connectivity index (χ2n) is 11.4. The van der Waals surface area contributed by atoms with Gasteiger partial charge in [0.2, 0.25) is 5.91 Å². The van der Waals surface area contributed by atoms with Gasteiger partial charge in [0, 0.05) is 47.9 Å². The molecule has 40 heavy (non-hydrogen) atoms. The minimum absolute atomic E-state index is 0.120. The number of likely N-dealkylation sites (tertiary alicyclic amines) is 1. The molecule has 3 aromatic carbocycles. The van der Waals surface area contributed by atoms with E-state index in [4.69, 9.17) is 4.98 Å². The first-order chi connectivity index (χ1) is 19.5. The topological polar surface area (TPSA) is 44.6 Å². The van der Waals surface area contributed by atoms with Crippen LogP contribution in [0.5, 0.6) is 0 Å². The third kappa shape index (κ3) is 5.54. The Morgan fingerprint density at radius 1 is 0.900 bits per heavy atom. The van der Waals surface area contributed by atoms with Crippen molar-refractivity contribution in [1.82, 2.24) is 19.4 Å². The van der Waals surface area contributed by atoms with Crippen LogP contribution in [0.4, 0.5) is 5.69 Å². The quantitative estimate of drug-likeness (QED) is 0.255. The second kappa shape index (κ2) is 11.8. The van der Waals surface area contributed by atoms with E-state index in [1.165, 1.54) is 11.3 Å². The van der Waals surface area contributed by atoms with Crippen LogP contribution in [0.15, 0.2) is 77.3 Å². The van der Waals surface area contributed by atoms with E-state index >= 15 is 0 Å². The Hall–Kier alpha value is -3.16. The third-order valence-electron chi connectivity index (χ3n) is 8.49. The van der Waals surface area contributed by atoms with Gasteiger partial charge in [0.15, 0.2) is 0 Å². The molecule has 2 saturated heterocycles. The van der Waals surface area contributed by atoms with Crippen molar-refractivity contribution in [2.45, 2.75) is 39.2 Å². The number of nitrogens with zero attached hydrogens (tertiary/aromatic N) is 5. The van der Waals surface area contributed by atoms with E-state index in [0.29, 0.717) is 11.8 Å². The minimum Gasteiger partial charge on any atom is -0.368 e. The lowest BCUT2D eigenvalue weighted by Gasteiger charge is -2.40. The number of carbonyl (C=O) groups is 1. The van der Waals surface area contributed by atoms with Crippen LogP contribution in [0.1, 0.15) is 44.0 Å². The molecule has 208 valence electrons. The van der Waals surface area contributed by atoms with E-state index in [2.05, 4.69) is 116 Å². The van der Waals surface area contributed by atoms with Crippen LogP contribution in [-0.4, -0.2) is 64.5 Å². The zero-order chi connectivity index (χ0) is 27.6. The van der Waals surface area contributed by atoms with Crippen LogP contribution in [0.3, 0.4) is 0 Å². The van der Waals surface area contributed by atoms with Gasteiger partial charge in [-0.3, -0.25) is 14.3 Å². The molecular weight excluding hydrogens is 562 g/mol. The number of hydrogen-bond acceptors (Lipinski definition) is 4. The molecule has 6 nitrogen and oxygen atoms in total. The van der Waals surface area contributed by atoms with Crippen LogP contribution in [0.2, 0.25) is 0 Å². The number of imidazole rings is 1. The molecule has 7 heteroatoms. The van der Waals surface area contributed by atoms with E-state index < -0.39 is 0 Å². The minimum atomic E-state index is 0.120. The molecular formula is C33H38BrN5O. The summed E-state index contributed by atoms with van der Waals surface area (Å²) in [4.78, 5) is 25.5. The van der Waals surface area contributed by atoms with Crippen molar-refractivity contribution >= 4 is 38.6 Å². The fourth-order valence-corrected chi connectivity index (χ4v) is 6.70. The van der Waals surface area contributed by atoms with Gasteiger partial charge in [0.1, 0.15) is 5.82 Å². The lowest BCUT2D eigenvalue weighted by atomic mass is 9.94. The van der Waals surface area contributed by atoms with Crippen molar-refractivity contribution in [3.05, 3.63) is 88.7 Å². The summed E-state index contributed by atoms with van der Waals surface area (Å²) in [6.07, 6.45) is 1.82. The number of amides is 1. The van der Waals surface area contributed by atoms with Gasteiger partial charge < -0.3 is 9.80 Å². The highest BCUT2D eigenvalue weighted by Gasteiger charge is 2.31. The average Bonchev–Trinajstić information content (AvgIpc) is 3.35. The molecule has 6 rings (SSSR count). The fraction of sp³-hybridized carbons (Fsp3) is 0.394. The highest BCUT2D eigenvalue weighted by atomic mass is 79.9. The third-order valence-corrected chi connectivity index (χ3v) is 8.98. The molecule has 4 aromatic rings. The summed E-state index contributed by atoms with van der Waals surface area (Å²) in [5.74, 6) is 2.00. The van der Waals surface area contributed by atoms with Gasteiger partial charge in [-0.25, -0.2) is 4.98 Å². The summed E-state index contributed by atoms with van der Waals surface area (Å²) in [6, 6.07) is 25.4. The number of fused-ring (bicyclic) bond motifs is 1. The number of para-hydroxylation sites is 3. The van der Waals surface area contributed by atoms with Crippen LogP contribution in [0, 0.1) is 5.92 Å². The highest BCUT2D eigenvalue weighted by molar-refractivity contribution is 9.10. The first kappa shape index (κ1) is 27.0. The van der Waals surface area contributed by atoms with Crippen LogP contribution in [-0.2, 0) is 11.3 Å². The first-order valence-electron chi connectivity index (χ1n) is 14.6. The Balaban J connectivity index is 1.08. The summed E-state index contributed by atoms with van der Waals surface area (Å²) in [5, 5.41) is 0. The Morgan fingerprint density at radius 3 is 2.38 bits per heavy atom. The van der Waals surface area contributed by atoms with Crippen molar-refractivity contribution in [3.63, 3.8) is 0 Å². The number of halogens is 1. The summed E-state index contributed by atoms with van der Waals surface area (Å²) in [7, 11) is 0. The molecule has 0 aliphatic carbocycles. The van der Waals surface area contributed by atoms with Crippen molar-refractivity contribution < 1.29 is 4.79 Å². The molecule has 0 atom stereocenters. The zero-order valence-electron chi connectivity index (χ0n) is 23.5. The smallest absolute Gasteiger partial charge is 0.225 e. The standard InChI is InChI=1S/C33H38BrN5O/c1-24(2)28-10-3-5-12-30(28)37-18-20-38(21-19-37)33(40)25-14-16-36(17-15-25)23-32-35-29-11-4-6-13-31(29)39(32)27-9-7-8-26(34)22-27/h3-13,22,24-25H,14-21,23H2,1-2H3. The number of piperidine rings is 1. The summed E-state index contributed by atoms with van der Waals surface area (Å²) < 4.78 is 3.33. The van der Waals surface area contributed by atoms with Crippen molar-refractivity contribution in [2.24, 2.45) is 5.92 Å². The Kier molecular flexibility index (Phi) is 7.94. The number of anilines is 1. The van der Waals surface area contributed by atoms with Gasteiger partial charge in [-0.1, -0.05) is 66.2 Å². The second-order valence-corrected chi connectivity index (χ2v) is 12.3. The van der Waals surface area contributed by atoms with Gasteiger partial charge in [-0.15, -0.1) is 0 Å². The number of piperazine rings is 1. The number of carbonyl (C=O) groups excluding carboxylic acids is 1. The van der Waals surface area contributed by atoms with Crippen molar-refractivity contribution in [1.29, 1.82) is 0 Å². The van der Waals surface area contributed by atoms with Gasteiger partial charge in [-0.05, 0) is 73.8 Å². The molecule has 0 bridgehead atoms. The summed E-state index contributed by atoms with van der Waals surface area (Å²) >= 11 is 3.63. The maximum absolute atomic E-state index is 13.5. The lowest BCUT2D eigenvalue weighted by Crippen LogP contribution is -2.51. The fourth-order valence-electron chi connectivity index (χ4n) is 6.31. The van der Waals surface area contributed by atoms with Crippen LogP contribution < -0.4 is 4.90 Å².